The van der Waals surface area contributed by atoms with Crippen molar-refractivity contribution in [2.75, 3.05) is 11.9 Å². The molecule has 148 valence electrons. The van der Waals surface area contributed by atoms with E-state index in [9.17, 15) is 4.79 Å². The second-order valence-electron chi connectivity index (χ2n) is 7.25. The Morgan fingerprint density at radius 3 is 2.69 bits per heavy atom. The maximum atomic E-state index is 12.4. The van der Waals surface area contributed by atoms with Gasteiger partial charge in [0.1, 0.15) is 5.75 Å². The van der Waals surface area contributed by atoms with Crippen molar-refractivity contribution in [2.45, 2.75) is 26.7 Å². The molecule has 4 heteroatoms. The first-order valence-electron chi connectivity index (χ1n) is 9.73. The van der Waals surface area contributed by atoms with Crippen LogP contribution in [-0.2, 0) is 4.79 Å². The summed E-state index contributed by atoms with van der Waals surface area (Å²) >= 11 is 0. The van der Waals surface area contributed by atoms with Gasteiger partial charge in [-0.05, 0) is 65.9 Å². The number of pyridine rings is 1. The summed E-state index contributed by atoms with van der Waals surface area (Å²) in [5.74, 6) is 0.908. The van der Waals surface area contributed by atoms with Gasteiger partial charge in [0.25, 0.3) is 5.91 Å². The van der Waals surface area contributed by atoms with Crippen LogP contribution in [0.3, 0.4) is 0 Å². The molecule has 0 aliphatic rings. The second-order valence-corrected chi connectivity index (χ2v) is 7.25. The SMILES string of the molecule is Cc1ccc(C(C)C)c(OCC(=O)Nc2cccc(/C=C/c3ccccn3)c2)c1. The van der Waals surface area contributed by atoms with E-state index in [4.69, 9.17) is 4.74 Å². The van der Waals surface area contributed by atoms with Gasteiger partial charge in [0.2, 0.25) is 0 Å². The van der Waals surface area contributed by atoms with Crippen LogP contribution in [0.15, 0.2) is 66.9 Å². The van der Waals surface area contributed by atoms with Crippen LogP contribution in [0, 0.1) is 6.92 Å². The van der Waals surface area contributed by atoms with Gasteiger partial charge in [-0.3, -0.25) is 9.78 Å². The first kappa shape index (κ1) is 20.3. The lowest BCUT2D eigenvalue weighted by molar-refractivity contribution is -0.118. The smallest absolute Gasteiger partial charge is 0.262 e. The largest absolute Gasteiger partial charge is 0.483 e. The fourth-order valence-corrected chi connectivity index (χ4v) is 2.96. The van der Waals surface area contributed by atoms with Crippen molar-refractivity contribution in [1.29, 1.82) is 0 Å². The predicted octanol–water partition coefficient (Wildman–Crippen LogP) is 5.70. The number of anilines is 1. The van der Waals surface area contributed by atoms with E-state index >= 15 is 0 Å². The maximum Gasteiger partial charge on any atom is 0.262 e. The number of carbonyl (C=O) groups excluding carboxylic acids is 1. The minimum Gasteiger partial charge on any atom is -0.483 e. The third kappa shape index (κ3) is 6.04. The van der Waals surface area contributed by atoms with Crippen LogP contribution in [0.1, 0.15) is 42.1 Å². The highest BCUT2D eigenvalue weighted by atomic mass is 16.5. The molecular formula is C25H26N2O2. The van der Waals surface area contributed by atoms with Gasteiger partial charge in [-0.15, -0.1) is 0 Å². The van der Waals surface area contributed by atoms with Crippen LogP contribution in [0.2, 0.25) is 0 Å². The Labute approximate surface area is 172 Å². The van der Waals surface area contributed by atoms with Crippen molar-refractivity contribution in [1.82, 2.24) is 4.98 Å². The van der Waals surface area contributed by atoms with E-state index in [1.165, 1.54) is 0 Å². The number of benzene rings is 2. The minimum absolute atomic E-state index is 0.0306. The number of rotatable bonds is 7. The number of hydrogen-bond acceptors (Lipinski definition) is 3. The maximum absolute atomic E-state index is 12.4. The molecule has 0 fully saturated rings. The van der Waals surface area contributed by atoms with Gasteiger partial charge in [0.15, 0.2) is 6.61 Å². The molecule has 3 rings (SSSR count). The summed E-state index contributed by atoms with van der Waals surface area (Å²) in [6.07, 6.45) is 5.67. The van der Waals surface area contributed by atoms with Gasteiger partial charge in [-0.2, -0.15) is 0 Å². The van der Waals surface area contributed by atoms with E-state index in [0.717, 1.165) is 33.8 Å². The zero-order chi connectivity index (χ0) is 20.6. The van der Waals surface area contributed by atoms with Crippen molar-refractivity contribution in [3.8, 4) is 5.75 Å². The first-order chi connectivity index (χ1) is 14.0. The van der Waals surface area contributed by atoms with Crippen LogP contribution >= 0.6 is 0 Å². The molecule has 0 radical (unpaired) electrons. The number of nitrogens with zero attached hydrogens (tertiary/aromatic N) is 1. The topological polar surface area (TPSA) is 51.2 Å². The molecule has 0 aliphatic heterocycles. The lowest BCUT2D eigenvalue weighted by atomic mass is 10.0. The predicted molar refractivity (Wildman–Crippen MR) is 119 cm³/mol. The normalized spacial score (nSPS) is 11.0. The van der Waals surface area contributed by atoms with Gasteiger partial charge >= 0.3 is 0 Å². The van der Waals surface area contributed by atoms with Crippen LogP contribution in [0.25, 0.3) is 12.2 Å². The zero-order valence-corrected chi connectivity index (χ0v) is 17.1. The van der Waals surface area contributed by atoms with Crippen LogP contribution < -0.4 is 10.1 Å². The molecule has 0 atom stereocenters. The monoisotopic (exact) mass is 386 g/mol. The number of hydrogen-bond donors (Lipinski definition) is 1. The summed E-state index contributed by atoms with van der Waals surface area (Å²) < 4.78 is 5.81. The molecule has 0 spiro atoms. The summed E-state index contributed by atoms with van der Waals surface area (Å²) in [6, 6.07) is 19.5. The van der Waals surface area contributed by atoms with Crippen LogP contribution in [0.5, 0.6) is 5.75 Å². The Morgan fingerprint density at radius 2 is 1.93 bits per heavy atom. The molecule has 0 saturated heterocycles. The Morgan fingerprint density at radius 1 is 1.07 bits per heavy atom. The molecule has 0 aliphatic carbocycles. The Kier molecular flexibility index (Phi) is 6.80. The van der Waals surface area contributed by atoms with Crippen molar-refractivity contribution in [2.24, 2.45) is 0 Å². The molecule has 1 N–H and O–H groups in total. The first-order valence-corrected chi connectivity index (χ1v) is 9.73. The van der Waals surface area contributed by atoms with E-state index < -0.39 is 0 Å². The summed E-state index contributed by atoms with van der Waals surface area (Å²) in [7, 11) is 0. The molecule has 0 saturated carbocycles. The lowest BCUT2D eigenvalue weighted by Crippen LogP contribution is -2.20. The van der Waals surface area contributed by atoms with Crippen molar-refractivity contribution in [3.05, 3.63) is 89.2 Å². The average molecular weight is 386 g/mol. The van der Waals surface area contributed by atoms with Crippen molar-refractivity contribution >= 4 is 23.7 Å². The standard InChI is InChI=1S/C25H26N2O2/c1-18(2)23-13-10-19(3)15-24(23)29-17-25(28)27-22-9-6-7-20(16-22)11-12-21-8-4-5-14-26-21/h4-16,18H,17H2,1-3H3,(H,27,28)/b12-11+. The Bertz CT molecular complexity index is 995. The molecule has 1 aromatic heterocycles. The molecule has 4 nitrogen and oxygen atoms in total. The van der Waals surface area contributed by atoms with E-state index in [0.29, 0.717) is 5.92 Å². The highest BCUT2D eigenvalue weighted by Gasteiger charge is 2.10. The Balaban J connectivity index is 1.61. The van der Waals surface area contributed by atoms with E-state index in [-0.39, 0.29) is 12.5 Å². The molecule has 3 aromatic rings. The van der Waals surface area contributed by atoms with Crippen molar-refractivity contribution in [3.63, 3.8) is 0 Å². The van der Waals surface area contributed by atoms with Crippen molar-refractivity contribution < 1.29 is 9.53 Å². The fourth-order valence-electron chi connectivity index (χ4n) is 2.96. The average Bonchev–Trinajstić information content (AvgIpc) is 2.71. The molecule has 1 heterocycles. The number of ether oxygens (including phenoxy) is 1. The lowest BCUT2D eigenvalue weighted by Gasteiger charge is -2.15. The quantitative estimate of drug-likeness (QED) is 0.566. The summed E-state index contributed by atoms with van der Waals surface area (Å²) in [6.45, 7) is 6.21. The van der Waals surface area contributed by atoms with Gasteiger partial charge < -0.3 is 10.1 Å². The second kappa shape index (κ2) is 9.69. The van der Waals surface area contributed by atoms with E-state index in [2.05, 4.69) is 36.3 Å². The fraction of sp³-hybridized carbons (Fsp3) is 0.200. The summed E-state index contributed by atoms with van der Waals surface area (Å²) in [5.41, 5.74) is 4.81. The number of aryl methyl sites for hydroxylation is 1. The van der Waals surface area contributed by atoms with E-state index in [1.54, 1.807) is 6.20 Å². The van der Waals surface area contributed by atoms with Gasteiger partial charge in [-0.1, -0.05) is 50.3 Å². The van der Waals surface area contributed by atoms with Crippen LogP contribution in [-0.4, -0.2) is 17.5 Å². The van der Waals surface area contributed by atoms with Gasteiger partial charge in [0, 0.05) is 11.9 Å². The number of aromatic nitrogens is 1. The summed E-state index contributed by atoms with van der Waals surface area (Å²) in [5, 5.41) is 2.90. The number of amides is 1. The van der Waals surface area contributed by atoms with E-state index in [1.807, 2.05) is 67.6 Å². The molecule has 1 amide bonds. The molecule has 2 aromatic carbocycles. The Hall–Kier alpha value is -3.40. The molecule has 0 bridgehead atoms. The molecule has 0 unspecified atom stereocenters. The summed E-state index contributed by atoms with van der Waals surface area (Å²) in [4.78, 5) is 16.6. The minimum atomic E-state index is -0.188. The number of nitrogens with one attached hydrogen (secondary N) is 1. The van der Waals surface area contributed by atoms with Crippen LogP contribution in [0.4, 0.5) is 5.69 Å². The van der Waals surface area contributed by atoms with Gasteiger partial charge in [0.05, 0.1) is 5.69 Å². The third-order valence-electron chi connectivity index (χ3n) is 4.45. The highest BCUT2D eigenvalue weighted by Crippen LogP contribution is 2.27. The zero-order valence-electron chi connectivity index (χ0n) is 17.1. The third-order valence-corrected chi connectivity index (χ3v) is 4.45. The highest BCUT2D eigenvalue weighted by molar-refractivity contribution is 5.92. The van der Waals surface area contributed by atoms with Gasteiger partial charge in [-0.25, -0.2) is 0 Å². The molecule has 29 heavy (non-hydrogen) atoms. The number of carbonyl (C=O) groups is 1. The molecular weight excluding hydrogens is 360 g/mol.